The third-order valence-corrected chi connectivity index (χ3v) is 6.39. The predicted molar refractivity (Wildman–Crippen MR) is 145 cm³/mol. The molecule has 2 heterocycles. The molecular weight excluding hydrogens is 560 g/mol. The van der Waals surface area contributed by atoms with Gasteiger partial charge in [-0.15, -0.1) is 0 Å². The van der Waals surface area contributed by atoms with Gasteiger partial charge in [0.15, 0.2) is 12.2 Å². The lowest BCUT2D eigenvalue weighted by atomic mass is 9.98. The molecule has 1 aromatic heterocycles. The normalized spacial score (nSPS) is 22.0. The number of nitrogens with two attached hydrogens (primary N) is 1. The number of nitrogen functional groups attached to an aromatic ring is 1. The lowest BCUT2D eigenvalue weighted by Crippen LogP contribution is -2.63. The Balaban J connectivity index is 1.68. The summed E-state index contributed by atoms with van der Waals surface area (Å²) >= 11 is 6.61. The van der Waals surface area contributed by atoms with Crippen molar-refractivity contribution in [2.45, 2.75) is 58.4 Å². The molecule has 12 nitrogen and oxygen atoms in total. The van der Waals surface area contributed by atoms with Crippen molar-refractivity contribution in [3.05, 3.63) is 53.7 Å². The molecule has 1 aliphatic heterocycles. The van der Waals surface area contributed by atoms with Crippen LogP contribution in [-0.2, 0) is 42.9 Å². The molecule has 3 aromatic rings. The van der Waals surface area contributed by atoms with Gasteiger partial charge in [0.1, 0.15) is 18.5 Å². The van der Waals surface area contributed by atoms with E-state index in [0.29, 0.717) is 5.69 Å². The van der Waals surface area contributed by atoms with E-state index in [-0.39, 0.29) is 17.4 Å². The zero-order chi connectivity index (χ0) is 29.8. The van der Waals surface area contributed by atoms with Crippen LogP contribution in [-0.4, -0.2) is 65.8 Å². The van der Waals surface area contributed by atoms with E-state index in [1.165, 1.54) is 6.92 Å². The third-order valence-electron chi connectivity index (χ3n) is 6.10. The van der Waals surface area contributed by atoms with Crippen molar-refractivity contribution in [1.29, 1.82) is 0 Å². The van der Waals surface area contributed by atoms with Crippen LogP contribution in [0.5, 0.6) is 5.75 Å². The number of nitrogens with zero attached hydrogens (tertiary/aromatic N) is 1. The number of anilines is 1. The summed E-state index contributed by atoms with van der Waals surface area (Å²) in [6.07, 6.45) is -4.74. The van der Waals surface area contributed by atoms with Crippen LogP contribution in [0.2, 0.25) is 5.02 Å². The van der Waals surface area contributed by atoms with E-state index < -0.39 is 54.6 Å². The highest BCUT2D eigenvalue weighted by Gasteiger charge is 2.53. The Morgan fingerprint density at radius 2 is 1.51 bits per heavy atom. The third kappa shape index (κ3) is 7.08. The summed E-state index contributed by atoms with van der Waals surface area (Å²) < 4.78 is 35.3. The van der Waals surface area contributed by atoms with Crippen molar-refractivity contribution in [3.63, 3.8) is 0 Å². The molecule has 0 saturated carbocycles. The smallest absolute Gasteiger partial charge is 0.303 e. The molecule has 1 fully saturated rings. The number of fused-ring (bicyclic) bond motifs is 1. The summed E-state index contributed by atoms with van der Waals surface area (Å²) in [6, 6.07) is 12.5. The fraction of sp³-hybridized carbons (Fsp3) is 0.357. The quantitative estimate of drug-likeness (QED) is 0.234. The molecule has 13 heteroatoms. The maximum atomic E-state index is 12.1. The molecule has 2 N–H and O–H groups in total. The van der Waals surface area contributed by atoms with Crippen molar-refractivity contribution in [2.24, 2.45) is 0 Å². The van der Waals surface area contributed by atoms with Gasteiger partial charge in [0.05, 0.1) is 10.5 Å². The number of halogens is 1. The second-order valence-corrected chi connectivity index (χ2v) is 9.71. The van der Waals surface area contributed by atoms with Gasteiger partial charge in [0.25, 0.3) is 0 Å². The molecule has 0 spiro atoms. The largest absolute Gasteiger partial charge is 0.463 e. The monoisotopic (exact) mass is 588 g/mol. The fourth-order valence-corrected chi connectivity index (χ4v) is 4.75. The SMILES string of the molecule is CC(=O)OCC1O[C@H](Oc2ccc(-n3ccc4cc(N)ccc43)cc2Cl)[C@H](OC(C)=O)C(OC(C)=O)[C@@H]1OC(C)=O. The van der Waals surface area contributed by atoms with Gasteiger partial charge in [-0.2, -0.15) is 0 Å². The van der Waals surface area contributed by atoms with Gasteiger partial charge in [0, 0.05) is 50.7 Å². The molecule has 2 aromatic carbocycles. The van der Waals surface area contributed by atoms with Gasteiger partial charge in [-0.1, -0.05) is 11.6 Å². The molecule has 0 bridgehead atoms. The van der Waals surface area contributed by atoms with Gasteiger partial charge in [0.2, 0.25) is 12.4 Å². The first-order chi connectivity index (χ1) is 19.4. The molecule has 2 unspecified atom stereocenters. The van der Waals surface area contributed by atoms with Crippen LogP contribution >= 0.6 is 11.6 Å². The summed E-state index contributed by atoms with van der Waals surface area (Å²) in [5.41, 5.74) is 8.16. The molecule has 0 amide bonds. The Labute approximate surface area is 240 Å². The van der Waals surface area contributed by atoms with Gasteiger partial charge in [-0.25, -0.2) is 0 Å². The predicted octanol–water partition coefficient (Wildman–Crippen LogP) is 3.33. The van der Waals surface area contributed by atoms with E-state index in [1.807, 2.05) is 29.0 Å². The van der Waals surface area contributed by atoms with E-state index >= 15 is 0 Å². The lowest BCUT2D eigenvalue weighted by molar-refractivity contribution is -0.288. The molecule has 1 saturated heterocycles. The number of carbonyl (C=O) groups is 4. The molecule has 0 aliphatic carbocycles. The van der Waals surface area contributed by atoms with E-state index in [4.69, 9.17) is 45.8 Å². The number of aromatic nitrogens is 1. The first kappa shape index (κ1) is 29.7. The zero-order valence-corrected chi connectivity index (χ0v) is 23.5. The van der Waals surface area contributed by atoms with Crippen LogP contribution in [0.3, 0.4) is 0 Å². The highest BCUT2D eigenvalue weighted by molar-refractivity contribution is 6.32. The van der Waals surface area contributed by atoms with Gasteiger partial charge < -0.3 is 38.7 Å². The fourth-order valence-electron chi connectivity index (χ4n) is 4.53. The molecule has 4 rings (SSSR count). The van der Waals surface area contributed by atoms with Crippen LogP contribution in [0, 0.1) is 0 Å². The molecular formula is C28H29ClN2O10. The van der Waals surface area contributed by atoms with Crippen LogP contribution < -0.4 is 10.5 Å². The lowest BCUT2D eigenvalue weighted by Gasteiger charge is -2.44. The Morgan fingerprint density at radius 1 is 0.854 bits per heavy atom. The molecule has 1 aliphatic rings. The zero-order valence-electron chi connectivity index (χ0n) is 22.7. The van der Waals surface area contributed by atoms with Crippen LogP contribution in [0.25, 0.3) is 16.6 Å². The first-order valence-electron chi connectivity index (χ1n) is 12.6. The van der Waals surface area contributed by atoms with E-state index in [9.17, 15) is 19.2 Å². The van der Waals surface area contributed by atoms with Crippen molar-refractivity contribution in [1.82, 2.24) is 4.57 Å². The van der Waals surface area contributed by atoms with Crippen LogP contribution in [0.1, 0.15) is 27.7 Å². The Bertz CT molecular complexity index is 1470. The van der Waals surface area contributed by atoms with E-state index in [0.717, 1.165) is 37.4 Å². The van der Waals surface area contributed by atoms with Crippen LogP contribution in [0.15, 0.2) is 48.7 Å². The number of carbonyl (C=O) groups excluding carboxylic acids is 4. The Morgan fingerprint density at radius 3 is 2.15 bits per heavy atom. The van der Waals surface area contributed by atoms with Gasteiger partial charge >= 0.3 is 23.9 Å². The summed E-state index contributed by atoms with van der Waals surface area (Å²) in [6.45, 7) is 4.23. The minimum Gasteiger partial charge on any atom is -0.463 e. The maximum Gasteiger partial charge on any atom is 0.303 e. The topological polar surface area (TPSA) is 155 Å². The van der Waals surface area contributed by atoms with Crippen molar-refractivity contribution in [2.75, 3.05) is 12.3 Å². The van der Waals surface area contributed by atoms with Gasteiger partial charge in [-0.05, 0) is 42.5 Å². The summed E-state index contributed by atoms with van der Waals surface area (Å²) in [5, 5.41) is 1.13. The molecule has 5 atom stereocenters. The Kier molecular flexibility index (Phi) is 9.04. The van der Waals surface area contributed by atoms with E-state index in [1.54, 1.807) is 24.3 Å². The number of benzene rings is 2. The van der Waals surface area contributed by atoms with Crippen molar-refractivity contribution >= 4 is 52.1 Å². The number of ether oxygens (including phenoxy) is 6. The second kappa shape index (κ2) is 12.5. The van der Waals surface area contributed by atoms with Crippen LogP contribution in [0.4, 0.5) is 5.69 Å². The molecule has 218 valence electrons. The Hall–Kier alpha value is -4.29. The van der Waals surface area contributed by atoms with Gasteiger partial charge in [-0.3, -0.25) is 19.2 Å². The average molecular weight is 589 g/mol. The number of hydrogen-bond acceptors (Lipinski definition) is 11. The number of esters is 4. The average Bonchev–Trinajstić information content (AvgIpc) is 3.29. The summed E-state index contributed by atoms with van der Waals surface area (Å²) in [5.74, 6) is -2.71. The van der Waals surface area contributed by atoms with Crippen molar-refractivity contribution in [3.8, 4) is 11.4 Å². The maximum absolute atomic E-state index is 12.1. The molecule has 0 radical (unpaired) electrons. The highest BCUT2D eigenvalue weighted by atomic mass is 35.5. The van der Waals surface area contributed by atoms with Crippen molar-refractivity contribution < 1.29 is 47.6 Å². The minimum atomic E-state index is -1.41. The second-order valence-electron chi connectivity index (χ2n) is 9.30. The highest BCUT2D eigenvalue weighted by Crippen LogP contribution is 2.35. The van der Waals surface area contributed by atoms with E-state index in [2.05, 4.69) is 0 Å². The first-order valence-corrected chi connectivity index (χ1v) is 12.9. The summed E-state index contributed by atoms with van der Waals surface area (Å²) in [4.78, 5) is 47.5. The minimum absolute atomic E-state index is 0.150. The number of rotatable bonds is 8. The number of hydrogen-bond donors (Lipinski definition) is 1. The summed E-state index contributed by atoms with van der Waals surface area (Å²) in [7, 11) is 0. The molecule has 41 heavy (non-hydrogen) atoms. The standard InChI is InChI=1S/C28H29ClN2O10/c1-14(32)36-13-24-25(37-15(2)33)26(38-16(3)34)27(39-17(4)35)28(41-24)40-23-8-6-20(12-21(23)29)31-10-9-18-11-19(30)5-7-22(18)31/h5-12,24-28H,13,30H2,1-4H3/t24?,25-,26?,27-,28+/m1/s1.